The van der Waals surface area contributed by atoms with Crippen molar-refractivity contribution >= 4 is 33.0 Å². The summed E-state index contributed by atoms with van der Waals surface area (Å²) >= 11 is 1.11. The number of amides is 1. The Labute approximate surface area is 187 Å². The second-order valence-corrected chi connectivity index (χ2v) is 10.2. The van der Waals surface area contributed by atoms with E-state index in [0.29, 0.717) is 36.9 Å². The minimum absolute atomic E-state index is 0.0372. The second-order valence-electron chi connectivity index (χ2n) is 6.84. The van der Waals surface area contributed by atoms with Gasteiger partial charge in [0.05, 0.1) is 30.4 Å². The van der Waals surface area contributed by atoms with Gasteiger partial charge in [0.15, 0.2) is 5.69 Å². The lowest BCUT2D eigenvalue weighted by atomic mass is 10.3. The molecule has 1 saturated heterocycles. The molecule has 0 atom stereocenters. The molecule has 11 nitrogen and oxygen atoms in total. The third-order valence-corrected chi connectivity index (χ3v) is 8.22. The van der Waals surface area contributed by atoms with Gasteiger partial charge in [-0.3, -0.25) is 14.9 Å². The molecule has 4 rings (SSSR count). The molecular weight excluding hydrogens is 458 g/mol. The lowest BCUT2D eigenvalue weighted by Crippen LogP contribution is -2.40. The van der Waals surface area contributed by atoms with E-state index in [4.69, 9.17) is 4.74 Å². The highest BCUT2D eigenvalue weighted by atomic mass is 32.2. The zero-order valence-electron chi connectivity index (χ0n) is 16.7. The van der Waals surface area contributed by atoms with Crippen molar-refractivity contribution in [2.24, 2.45) is 0 Å². The van der Waals surface area contributed by atoms with Gasteiger partial charge in [-0.15, -0.1) is 11.3 Å². The van der Waals surface area contributed by atoms with Gasteiger partial charge >= 0.3 is 0 Å². The predicted octanol–water partition coefficient (Wildman–Crippen LogP) is 1.79. The molecule has 0 saturated carbocycles. The molecular formula is C19H19N5O6S2. The Bertz CT molecular complexity index is 1230. The number of sulfonamides is 1. The molecule has 1 aliphatic rings. The Balaban J connectivity index is 1.38. The van der Waals surface area contributed by atoms with Gasteiger partial charge in [0.2, 0.25) is 0 Å². The number of hydrogen-bond donors (Lipinski definition) is 1. The Morgan fingerprint density at radius 1 is 1.16 bits per heavy atom. The summed E-state index contributed by atoms with van der Waals surface area (Å²) in [5.74, 6) is -0.420. The van der Waals surface area contributed by atoms with Crippen LogP contribution in [0.25, 0.3) is 5.69 Å². The summed E-state index contributed by atoms with van der Waals surface area (Å²) in [5.41, 5.74) is 0.705. The maximum atomic E-state index is 12.7. The first-order valence-electron chi connectivity index (χ1n) is 9.60. The number of benzene rings is 1. The van der Waals surface area contributed by atoms with Crippen molar-refractivity contribution in [3.63, 3.8) is 0 Å². The summed E-state index contributed by atoms with van der Waals surface area (Å²) in [6.07, 6.45) is 1.58. The highest BCUT2D eigenvalue weighted by molar-refractivity contribution is 7.91. The molecule has 3 heterocycles. The molecule has 1 N–H and O–H groups in total. The van der Waals surface area contributed by atoms with Crippen LogP contribution in [0.5, 0.6) is 0 Å². The fourth-order valence-corrected chi connectivity index (χ4v) is 5.94. The Morgan fingerprint density at radius 2 is 1.88 bits per heavy atom. The number of hydrogen-bond acceptors (Lipinski definition) is 8. The number of carbonyl (C=O) groups excluding carboxylic acids is 1. The molecule has 168 valence electrons. The minimum atomic E-state index is -3.57. The van der Waals surface area contributed by atoms with Crippen LogP contribution in [0.2, 0.25) is 0 Å². The number of non-ortho nitro benzene ring substituents is 1. The summed E-state index contributed by atoms with van der Waals surface area (Å²) in [5, 5.41) is 17.7. The number of nitro groups is 1. The molecule has 1 amide bonds. The van der Waals surface area contributed by atoms with Crippen molar-refractivity contribution in [3.05, 3.63) is 69.3 Å². The molecule has 0 bridgehead atoms. The molecule has 13 heteroatoms. The largest absolute Gasteiger partial charge is 0.379 e. The molecule has 1 aliphatic heterocycles. The SMILES string of the molecule is O=C(NCc1ccc(S(=O)(=O)N2CCOCC2)s1)c1ccn(-c2ccc([N+](=O)[O-])cc2)n1. The maximum absolute atomic E-state index is 12.7. The molecule has 0 unspecified atom stereocenters. The van der Waals surface area contributed by atoms with Gasteiger partial charge in [0.1, 0.15) is 4.21 Å². The Morgan fingerprint density at radius 3 is 2.56 bits per heavy atom. The van der Waals surface area contributed by atoms with Gasteiger partial charge < -0.3 is 10.1 Å². The molecule has 1 fully saturated rings. The van der Waals surface area contributed by atoms with Crippen molar-refractivity contribution in [2.45, 2.75) is 10.8 Å². The van der Waals surface area contributed by atoms with Crippen molar-refractivity contribution in [2.75, 3.05) is 26.3 Å². The quantitative estimate of drug-likeness (QED) is 0.405. The van der Waals surface area contributed by atoms with Crippen LogP contribution >= 0.6 is 11.3 Å². The summed E-state index contributed by atoms with van der Waals surface area (Å²) in [7, 11) is -3.57. The second kappa shape index (κ2) is 9.16. The number of nitro benzene ring substituents is 1. The highest BCUT2D eigenvalue weighted by Crippen LogP contribution is 2.25. The van der Waals surface area contributed by atoms with E-state index < -0.39 is 20.9 Å². The third kappa shape index (κ3) is 4.70. The average molecular weight is 478 g/mol. The first kappa shape index (κ1) is 22.1. The molecule has 3 aromatic rings. The molecule has 32 heavy (non-hydrogen) atoms. The molecule has 0 aliphatic carbocycles. The van der Waals surface area contributed by atoms with Crippen molar-refractivity contribution in [1.82, 2.24) is 19.4 Å². The number of nitrogens with one attached hydrogen (secondary N) is 1. The van der Waals surface area contributed by atoms with Gasteiger partial charge in [0.25, 0.3) is 21.6 Å². The number of rotatable bonds is 7. The number of ether oxygens (including phenoxy) is 1. The van der Waals surface area contributed by atoms with Crippen LogP contribution in [0.15, 0.2) is 52.9 Å². The van der Waals surface area contributed by atoms with Crippen LogP contribution in [0.4, 0.5) is 5.69 Å². The zero-order valence-corrected chi connectivity index (χ0v) is 18.3. The van der Waals surface area contributed by atoms with E-state index in [9.17, 15) is 23.3 Å². The van der Waals surface area contributed by atoms with Crippen molar-refractivity contribution in [3.8, 4) is 5.69 Å². The number of carbonyl (C=O) groups is 1. The summed E-state index contributed by atoms with van der Waals surface area (Å²) in [6.45, 7) is 1.56. The van der Waals surface area contributed by atoms with E-state index in [1.807, 2.05) is 0 Å². The van der Waals surface area contributed by atoms with E-state index in [1.54, 1.807) is 18.3 Å². The highest BCUT2D eigenvalue weighted by Gasteiger charge is 2.27. The minimum Gasteiger partial charge on any atom is -0.379 e. The fraction of sp³-hybridized carbons (Fsp3) is 0.263. The van der Waals surface area contributed by atoms with Crippen molar-refractivity contribution in [1.29, 1.82) is 0 Å². The first-order chi connectivity index (χ1) is 15.3. The monoisotopic (exact) mass is 477 g/mol. The maximum Gasteiger partial charge on any atom is 0.272 e. The average Bonchev–Trinajstić information content (AvgIpc) is 3.49. The van der Waals surface area contributed by atoms with Crippen LogP contribution in [-0.4, -0.2) is 59.6 Å². The van der Waals surface area contributed by atoms with Gasteiger partial charge in [-0.1, -0.05) is 0 Å². The zero-order chi connectivity index (χ0) is 22.7. The molecule has 0 spiro atoms. The summed E-state index contributed by atoms with van der Waals surface area (Å²) < 4.78 is 33.7. The van der Waals surface area contributed by atoms with Gasteiger partial charge in [-0.25, -0.2) is 13.1 Å². The normalized spacial score (nSPS) is 14.9. The first-order valence-corrected chi connectivity index (χ1v) is 11.9. The van der Waals surface area contributed by atoms with Gasteiger partial charge in [0, 0.05) is 36.3 Å². The van der Waals surface area contributed by atoms with E-state index in [0.717, 1.165) is 11.3 Å². The summed E-state index contributed by atoms with van der Waals surface area (Å²) in [6, 6.07) is 10.5. The third-order valence-electron chi connectivity index (χ3n) is 4.77. The topological polar surface area (TPSA) is 137 Å². The fourth-order valence-electron chi connectivity index (χ4n) is 3.08. The van der Waals surface area contributed by atoms with Gasteiger partial charge in [-0.05, 0) is 30.3 Å². The van der Waals surface area contributed by atoms with Crippen LogP contribution < -0.4 is 5.32 Å². The standard InChI is InChI=1S/C19H19N5O6S2/c25-19(17-7-8-23(21-17)14-1-3-15(4-2-14)24(26)27)20-13-16-5-6-18(31-16)32(28,29)22-9-11-30-12-10-22/h1-8H,9-13H2,(H,20,25). The number of thiophene rings is 1. The Hall–Kier alpha value is -3.13. The number of nitrogens with zero attached hydrogens (tertiary/aromatic N) is 4. The van der Waals surface area contributed by atoms with E-state index in [2.05, 4.69) is 10.4 Å². The van der Waals surface area contributed by atoms with E-state index in [-0.39, 0.29) is 22.1 Å². The number of aromatic nitrogens is 2. The Kier molecular flexibility index (Phi) is 6.32. The van der Waals surface area contributed by atoms with Crippen molar-refractivity contribution < 1.29 is 22.9 Å². The molecule has 2 aromatic heterocycles. The lowest BCUT2D eigenvalue weighted by Gasteiger charge is -2.25. The van der Waals surface area contributed by atoms with Crippen LogP contribution in [-0.2, 0) is 21.3 Å². The van der Waals surface area contributed by atoms with Crippen LogP contribution in [0.1, 0.15) is 15.4 Å². The smallest absolute Gasteiger partial charge is 0.272 e. The van der Waals surface area contributed by atoms with E-state index >= 15 is 0 Å². The number of morpholine rings is 1. The summed E-state index contributed by atoms with van der Waals surface area (Å²) in [4.78, 5) is 23.4. The molecule has 1 aromatic carbocycles. The van der Waals surface area contributed by atoms with Crippen LogP contribution in [0, 0.1) is 10.1 Å². The molecule has 0 radical (unpaired) electrons. The lowest BCUT2D eigenvalue weighted by molar-refractivity contribution is -0.384. The predicted molar refractivity (Wildman–Crippen MR) is 115 cm³/mol. The van der Waals surface area contributed by atoms with Gasteiger partial charge in [-0.2, -0.15) is 9.40 Å². The van der Waals surface area contributed by atoms with Crippen LogP contribution in [0.3, 0.4) is 0 Å². The van der Waals surface area contributed by atoms with E-state index in [1.165, 1.54) is 39.3 Å².